The van der Waals surface area contributed by atoms with Gasteiger partial charge in [-0.3, -0.25) is 19.4 Å². The molecular weight excluding hydrogens is 374 g/mol. The molecule has 2 rings (SSSR count). The van der Waals surface area contributed by atoms with Crippen molar-refractivity contribution in [2.45, 2.75) is 6.42 Å². The van der Waals surface area contributed by atoms with Crippen molar-refractivity contribution in [2.75, 3.05) is 27.2 Å². The van der Waals surface area contributed by atoms with Gasteiger partial charge in [0.1, 0.15) is 5.75 Å². The molecule has 0 unspecified atom stereocenters. The Morgan fingerprint density at radius 1 is 1.00 bits per heavy atom. The SMILES string of the molecule is CN(C)N=Nc1ccc(C(=O)c2ccc(OCCC(=O)NCC(N)=O)cc2)cc1. The number of carbonyl (C=O) groups excluding carboxylic acids is 3. The highest BCUT2D eigenvalue weighted by molar-refractivity contribution is 6.09. The Bertz CT molecular complexity index is 877. The van der Waals surface area contributed by atoms with E-state index >= 15 is 0 Å². The van der Waals surface area contributed by atoms with Crippen LogP contribution in [0.2, 0.25) is 0 Å². The van der Waals surface area contributed by atoms with Crippen LogP contribution in [0.1, 0.15) is 22.3 Å². The summed E-state index contributed by atoms with van der Waals surface area (Å²) in [4.78, 5) is 34.6. The molecular formula is C20H23N5O4. The minimum atomic E-state index is -0.605. The molecule has 0 heterocycles. The topological polar surface area (TPSA) is 126 Å². The largest absolute Gasteiger partial charge is 0.493 e. The smallest absolute Gasteiger partial charge is 0.236 e. The van der Waals surface area contributed by atoms with Gasteiger partial charge in [-0.25, -0.2) is 0 Å². The molecule has 152 valence electrons. The third-order valence-electron chi connectivity index (χ3n) is 3.64. The van der Waals surface area contributed by atoms with Crippen LogP contribution in [0.3, 0.4) is 0 Å². The molecule has 0 aliphatic carbocycles. The van der Waals surface area contributed by atoms with Crippen molar-refractivity contribution in [1.82, 2.24) is 10.3 Å². The van der Waals surface area contributed by atoms with Crippen molar-refractivity contribution in [3.8, 4) is 5.75 Å². The summed E-state index contributed by atoms with van der Waals surface area (Å²) in [6.07, 6.45) is 0.0888. The molecule has 0 radical (unpaired) electrons. The molecule has 29 heavy (non-hydrogen) atoms. The minimum Gasteiger partial charge on any atom is -0.493 e. The lowest BCUT2D eigenvalue weighted by atomic mass is 10.0. The first-order chi connectivity index (χ1) is 13.8. The maximum atomic E-state index is 12.6. The summed E-state index contributed by atoms with van der Waals surface area (Å²) in [7, 11) is 3.54. The van der Waals surface area contributed by atoms with Crippen LogP contribution in [0, 0.1) is 0 Å². The van der Waals surface area contributed by atoms with E-state index in [2.05, 4.69) is 15.7 Å². The van der Waals surface area contributed by atoms with Gasteiger partial charge in [-0.15, -0.1) is 5.11 Å². The maximum absolute atomic E-state index is 12.6. The van der Waals surface area contributed by atoms with Gasteiger partial charge < -0.3 is 15.8 Å². The van der Waals surface area contributed by atoms with E-state index in [0.717, 1.165) is 0 Å². The van der Waals surface area contributed by atoms with Gasteiger partial charge in [0.15, 0.2) is 5.78 Å². The molecule has 2 aromatic rings. The lowest BCUT2D eigenvalue weighted by Gasteiger charge is -2.07. The minimum absolute atomic E-state index is 0.0888. The first-order valence-corrected chi connectivity index (χ1v) is 8.87. The van der Waals surface area contributed by atoms with Crippen LogP contribution >= 0.6 is 0 Å². The standard InChI is InChI=1S/C20H23N5O4/c1-25(2)24-23-16-7-3-14(4-8-16)20(28)15-5-9-17(10-6-15)29-12-11-19(27)22-13-18(21)26/h3-10H,11-13H2,1-2H3,(H2,21,26)(H,22,27). The molecule has 0 aliphatic rings. The fraction of sp³-hybridized carbons (Fsp3) is 0.250. The molecule has 0 saturated carbocycles. The van der Waals surface area contributed by atoms with Crippen molar-refractivity contribution >= 4 is 23.3 Å². The first kappa shape index (κ1) is 21.5. The van der Waals surface area contributed by atoms with Crippen molar-refractivity contribution in [2.24, 2.45) is 16.1 Å². The molecule has 0 aromatic heterocycles. The number of ether oxygens (including phenoxy) is 1. The number of hydrogen-bond donors (Lipinski definition) is 2. The van der Waals surface area contributed by atoms with E-state index in [-0.39, 0.29) is 31.3 Å². The van der Waals surface area contributed by atoms with Crippen LogP contribution in [0.25, 0.3) is 0 Å². The van der Waals surface area contributed by atoms with E-state index in [4.69, 9.17) is 10.5 Å². The number of amides is 2. The second kappa shape index (κ2) is 10.5. The monoisotopic (exact) mass is 397 g/mol. The number of benzene rings is 2. The summed E-state index contributed by atoms with van der Waals surface area (Å²) in [6.45, 7) is -0.0595. The van der Waals surface area contributed by atoms with Gasteiger partial charge in [0.05, 0.1) is 25.3 Å². The number of carbonyl (C=O) groups is 3. The Balaban J connectivity index is 1.88. The van der Waals surface area contributed by atoms with Gasteiger partial charge in [0.2, 0.25) is 11.8 Å². The Morgan fingerprint density at radius 2 is 1.59 bits per heavy atom. The molecule has 0 bridgehead atoms. The van der Waals surface area contributed by atoms with Crippen molar-refractivity contribution in [1.29, 1.82) is 0 Å². The van der Waals surface area contributed by atoms with E-state index < -0.39 is 5.91 Å². The van der Waals surface area contributed by atoms with E-state index in [9.17, 15) is 14.4 Å². The summed E-state index contributed by atoms with van der Waals surface area (Å²) in [5.74, 6) is -0.529. The Labute approximate surface area is 168 Å². The third kappa shape index (κ3) is 7.41. The van der Waals surface area contributed by atoms with Gasteiger partial charge in [-0.1, -0.05) is 5.22 Å². The molecule has 9 nitrogen and oxygen atoms in total. The number of nitrogens with one attached hydrogen (secondary N) is 1. The van der Waals surface area contributed by atoms with Gasteiger partial charge in [0, 0.05) is 25.2 Å². The second-order valence-corrected chi connectivity index (χ2v) is 6.28. The van der Waals surface area contributed by atoms with Crippen molar-refractivity contribution in [3.63, 3.8) is 0 Å². The molecule has 3 N–H and O–H groups in total. The average Bonchev–Trinajstić information content (AvgIpc) is 2.71. The van der Waals surface area contributed by atoms with Gasteiger partial charge in [0.25, 0.3) is 0 Å². The zero-order valence-corrected chi connectivity index (χ0v) is 16.3. The maximum Gasteiger partial charge on any atom is 0.236 e. The summed E-state index contributed by atoms with van der Waals surface area (Å²) in [5, 5.41) is 11.9. The van der Waals surface area contributed by atoms with Crippen LogP contribution in [0.5, 0.6) is 5.75 Å². The van der Waals surface area contributed by atoms with Crippen LogP contribution < -0.4 is 15.8 Å². The quantitative estimate of drug-likeness (QED) is 0.359. The van der Waals surface area contributed by atoms with Crippen molar-refractivity contribution < 1.29 is 19.1 Å². The normalized spacial score (nSPS) is 10.6. The summed E-state index contributed by atoms with van der Waals surface area (Å²) in [6, 6.07) is 13.5. The van der Waals surface area contributed by atoms with E-state index in [1.54, 1.807) is 67.6 Å². The van der Waals surface area contributed by atoms with Crippen LogP contribution in [-0.4, -0.2) is 49.9 Å². The molecule has 0 spiro atoms. The van der Waals surface area contributed by atoms with E-state index in [0.29, 0.717) is 22.6 Å². The number of ketones is 1. The van der Waals surface area contributed by atoms with Gasteiger partial charge in [-0.2, -0.15) is 0 Å². The third-order valence-corrected chi connectivity index (χ3v) is 3.64. The fourth-order valence-electron chi connectivity index (χ4n) is 2.23. The molecule has 2 amide bonds. The highest BCUT2D eigenvalue weighted by Crippen LogP contribution is 2.18. The predicted molar refractivity (Wildman–Crippen MR) is 107 cm³/mol. The van der Waals surface area contributed by atoms with Gasteiger partial charge in [-0.05, 0) is 48.5 Å². The van der Waals surface area contributed by atoms with Crippen LogP contribution in [-0.2, 0) is 9.59 Å². The molecule has 0 fully saturated rings. The molecule has 9 heteroatoms. The highest BCUT2D eigenvalue weighted by Gasteiger charge is 2.09. The zero-order valence-electron chi connectivity index (χ0n) is 16.3. The van der Waals surface area contributed by atoms with Gasteiger partial charge >= 0.3 is 0 Å². The first-order valence-electron chi connectivity index (χ1n) is 8.87. The number of rotatable bonds is 10. The van der Waals surface area contributed by atoms with Crippen LogP contribution in [0.4, 0.5) is 5.69 Å². The Morgan fingerprint density at radius 3 is 2.14 bits per heavy atom. The fourth-order valence-corrected chi connectivity index (χ4v) is 2.23. The summed E-state index contributed by atoms with van der Waals surface area (Å²) >= 11 is 0. The lowest BCUT2D eigenvalue weighted by molar-refractivity contribution is -0.125. The number of primary amides is 1. The Hall–Kier alpha value is -3.75. The number of nitrogens with zero attached hydrogens (tertiary/aromatic N) is 3. The average molecular weight is 397 g/mol. The molecule has 2 aromatic carbocycles. The van der Waals surface area contributed by atoms with Crippen LogP contribution in [0.15, 0.2) is 58.9 Å². The van der Waals surface area contributed by atoms with E-state index in [1.807, 2.05) is 0 Å². The zero-order chi connectivity index (χ0) is 21.2. The van der Waals surface area contributed by atoms with Crippen molar-refractivity contribution in [3.05, 3.63) is 59.7 Å². The molecule has 0 aliphatic heterocycles. The number of nitrogens with two attached hydrogens (primary N) is 1. The predicted octanol–water partition coefficient (Wildman–Crippen LogP) is 1.85. The number of hydrogen-bond acceptors (Lipinski definition) is 6. The molecule has 0 atom stereocenters. The van der Waals surface area contributed by atoms with E-state index in [1.165, 1.54) is 0 Å². The highest BCUT2D eigenvalue weighted by atomic mass is 16.5. The summed E-state index contributed by atoms with van der Waals surface area (Å²) < 4.78 is 5.47. The lowest BCUT2D eigenvalue weighted by Crippen LogP contribution is -2.33. The molecule has 0 saturated heterocycles. The summed E-state index contributed by atoms with van der Waals surface area (Å²) in [5.41, 5.74) is 6.65. The Kier molecular flexibility index (Phi) is 7.84. The second-order valence-electron chi connectivity index (χ2n) is 6.28.